The molecule has 0 fully saturated rings. The van der Waals surface area contributed by atoms with Gasteiger partial charge in [-0.25, -0.2) is 0 Å². The van der Waals surface area contributed by atoms with Crippen LogP contribution in [0, 0.1) is 11.3 Å². The molecular formula is C19H15F6NOS. The second-order valence-corrected chi connectivity index (χ2v) is 7.13. The van der Waals surface area contributed by atoms with Gasteiger partial charge in [-0.3, -0.25) is 0 Å². The Bertz CT molecular complexity index is 812. The quantitative estimate of drug-likeness (QED) is 0.606. The number of alkyl halides is 6. The average Bonchev–Trinajstić information content (AvgIpc) is 2.61. The van der Waals surface area contributed by atoms with Gasteiger partial charge >= 0.3 is 12.4 Å². The predicted molar refractivity (Wildman–Crippen MR) is 93.2 cm³/mol. The van der Waals surface area contributed by atoms with Gasteiger partial charge in [-0.15, -0.1) is 0 Å². The molecule has 1 atom stereocenters. The van der Waals surface area contributed by atoms with Crippen molar-refractivity contribution >= 4 is 11.8 Å². The highest BCUT2D eigenvalue weighted by Gasteiger charge is 2.37. The van der Waals surface area contributed by atoms with Gasteiger partial charge in [0.1, 0.15) is 5.60 Å². The van der Waals surface area contributed by atoms with E-state index >= 15 is 0 Å². The van der Waals surface area contributed by atoms with Crippen molar-refractivity contribution in [3.8, 4) is 6.07 Å². The molecule has 0 aromatic heterocycles. The van der Waals surface area contributed by atoms with E-state index in [0.717, 1.165) is 11.8 Å². The molecule has 0 spiro atoms. The molecule has 0 aliphatic carbocycles. The lowest BCUT2D eigenvalue weighted by Gasteiger charge is -2.26. The van der Waals surface area contributed by atoms with E-state index in [1.807, 2.05) is 6.07 Å². The molecule has 0 saturated heterocycles. The van der Waals surface area contributed by atoms with Crippen molar-refractivity contribution in [2.45, 2.75) is 30.1 Å². The van der Waals surface area contributed by atoms with Gasteiger partial charge in [-0.05, 0) is 29.3 Å². The first-order valence-corrected chi connectivity index (χ1v) is 9.12. The number of halogens is 6. The van der Waals surface area contributed by atoms with Crippen molar-refractivity contribution in [3.63, 3.8) is 0 Å². The molecule has 1 unspecified atom stereocenters. The van der Waals surface area contributed by atoms with Crippen LogP contribution in [0.4, 0.5) is 26.3 Å². The lowest BCUT2D eigenvalue weighted by atomic mass is 9.93. The summed E-state index contributed by atoms with van der Waals surface area (Å²) in [6, 6.07) is 11.5. The van der Waals surface area contributed by atoms with Crippen molar-refractivity contribution in [2.75, 3.05) is 5.75 Å². The van der Waals surface area contributed by atoms with Crippen LogP contribution in [0.25, 0.3) is 0 Å². The largest absolute Gasteiger partial charge is 0.416 e. The second kappa shape index (κ2) is 8.45. The van der Waals surface area contributed by atoms with Gasteiger partial charge in [0.2, 0.25) is 0 Å². The molecule has 0 radical (unpaired) electrons. The summed E-state index contributed by atoms with van der Waals surface area (Å²) in [5, 5.41) is 19.7. The normalized spacial score (nSPS) is 14.4. The minimum atomic E-state index is -4.91. The van der Waals surface area contributed by atoms with Gasteiger partial charge < -0.3 is 5.11 Å². The summed E-state index contributed by atoms with van der Waals surface area (Å²) < 4.78 is 77.5. The Labute approximate surface area is 161 Å². The maximum Gasteiger partial charge on any atom is 0.416 e. The molecule has 2 aromatic rings. The van der Waals surface area contributed by atoms with Crippen molar-refractivity contribution in [2.24, 2.45) is 0 Å². The zero-order valence-corrected chi connectivity index (χ0v) is 15.1. The van der Waals surface area contributed by atoms with Crippen LogP contribution in [0.15, 0.2) is 48.5 Å². The van der Waals surface area contributed by atoms with Crippen molar-refractivity contribution in [3.05, 3.63) is 70.8 Å². The Balaban J connectivity index is 2.22. The third-order valence-corrected chi connectivity index (χ3v) is 5.16. The maximum absolute atomic E-state index is 12.9. The molecule has 0 bridgehead atoms. The van der Waals surface area contributed by atoms with Gasteiger partial charge in [0, 0.05) is 11.5 Å². The highest BCUT2D eigenvalue weighted by Crippen LogP contribution is 2.37. The van der Waals surface area contributed by atoms with Crippen LogP contribution in [0.3, 0.4) is 0 Å². The van der Waals surface area contributed by atoms with E-state index in [-0.39, 0.29) is 29.6 Å². The highest BCUT2D eigenvalue weighted by molar-refractivity contribution is 7.98. The van der Waals surface area contributed by atoms with E-state index in [4.69, 9.17) is 5.26 Å². The number of aliphatic hydroxyl groups is 1. The van der Waals surface area contributed by atoms with E-state index in [9.17, 15) is 31.4 Å². The van der Waals surface area contributed by atoms with Gasteiger partial charge in [0.05, 0.1) is 23.6 Å². The van der Waals surface area contributed by atoms with E-state index in [1.165, 1.54) is 0 Å². The highest BCUT2D eigenvalue weighted by atomic mass is 32.2. The minimum Gasteiger partial charge on any atom is -0.383 e. The predicted octanol–water partition coefficient (Wildman–Crippen LogP) is 5.76. The Kier molecular flexibility index (Phi) is 6.67. The number of benzene rings is 2. The van der Waals surface area contributed by atoms with Gasteiger partial charge in [-0.2, -0.15) is 43.4 Å². The van der Waals surface area contributed by atoms with E-state index in [2.05, 4.69) is 0 Å². The topological polar surface area (TPSA) is 44.0 Å². The summed E-state index contributed by atoms with van der Waals surface area (Å²) in [5.74, 6) is -0.254. The molecule has 2 nitrogen and oxygen atoms in total. The number of rotatable bonds is 6. The summed E-state index contributed by atoms with van der Waals surface area (Å²) in [6.45, 7) is 0. The molecule has 2 aromatic carbocycles. The summed E-state index contributed by atoms with van der Waals surface area (Å²) >= 11 is 0.951. The van der Waals surface area contributed by atoms with E-state index in [1.54, 1.807) is 30.3 Å². The first-order valence-electron chi connectivity index (χ1n) is 7.97. The minimum absolute atomic E-state index is 0.0673. The second-order valence-electron chi connectivity index (χ2n) is 6.14. The molecule has 0 heterocycles. The lowest BCUT2D eigenvalue weighted by molar-refractivity contribution is -0.143. The molecule has 0 saturated carbocycles. The molecule has 28 heavy (non-hydrogen) atoms. The maximum atomic E-state index is 12.9. The molecule has 0 aliphatic heterocycles. The molecular weight excluding hydrogens is 404 g/mol. The van der Waals surface area contributed by atoms with Crippen LogP contribution < -0.4 is 0 Å². The summed E-state index contributed by atoms with van der Waals surface area (Å²) in [7, 11) is 0. The molecule has 150 valence electrons. The molecule has 0 aliphatic rings. The molecule has 9 heteroatoms. The fourth-order valence-electron chi connectivity index (χ4n) is 2.56. The third kappa shape index (κ3) is 5.66. The summed E-state index contributed by atoms with van der Waals surface area (Å²) in [4.78, 5) is 0. The van der Waals surface area contributed by atoms with Gasteiger partial charge in [-0.1, -0.05) is 30.3 Å². The Hall–Kier alpha value is -2.18. The van der Waals surface area contributed by atoms with Crippen molar-refractivity contribution < 1.29 is 31.4 Å². The monoisotopic (exact) mass is 419 g/mol. The number of hydrogen-bond donors (Lipinski definition) is 1. The van der Waals surface area contributed by atoms with Crippen molar-refractivity contribution in [1.29, 1.82) is 5.26 Å². The molecule has 1 N–H and O–H groups in total. The molecule has 0 amide bonds. The first-order chi connectivity index (χ1) is 13.0. The zero-order valence-electron chi connectivity index (χ0n) is 14.3. The van der Waals surface area contributed by atoms with E-state index in [0.29, 0.717) is 17.7 Å². The lowest BCUT2D eigenvalue weighted by Crippen LogP contribution is -2.28. The number of nitrogens with zero attached hydrogens (tertiary/aromatic N) is 1. The fraction of sp³-hybridized carbons (Fsp3) is 0.316. The van der Waals surface area contributed by atoms with Crippen LogP contribution >= 0.6 is 11.8 Å². The number of nitriles is 1. The Morgan fingerprint density at radius 3 is 1.86 bits per heavy atom. The number of thioether (sulfide) groups is 1. The van der Waals surface area contributed by atoms with Crippen LogP contribution in [-0.4, -0.2) is 10.9 Å². The van der Waals surface area contributed by atoms with Crippen LogP contribution in [0.2, 0.25) is 0 Å². The van der Waals surface area contributed by atoms with Crippen molar-refractivity contribution in [1.82, 2.24) is 0 Å². The zero-order chi connectivity index (χ0) is 21.0. The smallest absolute Gasteiger partial charge is 0.383 e. The van der Waals surface area contributed by atoms with Crippen LogP contribution in [-0.2, 0) is 23.7 Å². The van der Waals surface area contributed by atoms with Crippen LogP contribution in [0.1, 0.15) is 28.7 Å². The average molecular weight is 419 g/mol. The Morgan fingerprint density at radius 2 is 1.39 bits per heavy atom. The Morgan fingerprint density at radius 1 is 0.857 bits per heavy atom. The SMILES string of the molecule is N#CCC(O)(CSCc1cc(C(F)(F)F)cc(C(F)(F)F)c1)c1ccccc1. The summed E-state index contributed by atoms with van der Waals surface area (Å²) in [5.41, 5.74) is -4.04. The van der Waals surface area contributed by atoms with E-state index < -0.39 is 29.1 Å². The summed E-state index contributed by atoms with van der Waals surface area (Å²) in [6.07, 6.45) is -10.1. The third-order valence-electron chi connectivity index (χ3n) is 3.94. The van der Waals surface area contributed by atoms with Gasteiger partial charge in [0.25, 0.3) is 0 Å². The standard InChI is InChI=1S/C19H15F6NOS/c20-18(21,22)15-8-13(9-16(10-15)19(23,24)25)11-28-12-17(27,6-7-26)14-4-2-1-3-5-14/h1-5,8-10,27H,6,11-12H2. The molecule has 2 rings (SSSR count). The van der Waals surface area contributed by atoms with Crippen LogP contribution in [0.5, 0.6) is 0 Å². The fourth-order valence-corrected chi connectivity index (χ4v) is 3.67. The first kappa shape index (κ1) is 22.1. The van der Waals surface area contributed by atoms with Gasteiger partial charge in [0.15, 0.2) is 0 Å². The number of hydrogen-bond acceptors (Lipinski definition) is 3.